The van der Waals surface area contributed by atoms with Crippen molar-refractivity contribution in [2.75, 3.05) is 39.5 Å². The van der Waals surface area contributed by atoms with E-state index in [1.54, 1.807) is 0 Å². The Balaban J connectivity index is 1.47. The molecule has 1 aliphatic heterocycles. The van der Waals surface area contributed by atoms with E-state index >= 15 is 0 Å². The fourth-order valence-corrected chi connectivity index (χ4v) is 2.97. The quantitative estimate of drug-likeness (QED) is 0.830. The first kappa shape index (κ1) is 18.4. The Bertz CT molecular complexity index is 727. The zero-order chi connectivity index (χ0) is 18.2. The van der Waals surface area contributed by atoms with E-state index in [9.17, 15) is 4.79 Å². The molecule has 0 radical (unpaired) electrons. The Hall–Kier alpha value is -2.37. The molecule has 2 aromatic carbocycles. The van der Waals surface area contributed by atoms with Gasteiger partial charge in [-0.2, -0.15) is 0 Å². The van der Waals surface area contributed by atoms with Gasteiger partial charge in [-0.3, -0.25) is 9.69 Å². The molecular weight excluding hydrogens is 328 g/mol. The lowest BCUT2D eigenvalue weighted by Gasteiger charge is -2.26. The Morgan fingerprint density at radius 1 is 1.15 bits per heavy atom. The molecule has 0 unspecified atom stereocenters. The molecular formula is C21H26N2O3. The minimum atomic E-state index is -0.0539. The number of rotatable bonds is 7. The maximum absolute atomic E-state index is 12.3. The summed E-state index contributed by atoms with van der Waals surface area (Å²) < 4.78 is 11.2. The number of carbonyl (C=O) groups excluding carboxylic acids is 1. The third kappa shape index (κ3) is 5.31. The van der Waals surface area contributed by atoms with Gasteiger partial charge in [0.15, 0.2) is 0 Å². The van der Waals surface area contributed by atoms with Crippen LogP contribution in [0.3, 0.4) is 0 Å². The second kappa shape index (κ2) is 9.36. The van der Waals surface area contributed by atoms with Gasteiger partial charge in [0, 0.05) is 31.7 Å². The van der Waals surface area contributed by atoms with Crippen molar-refractivity contribution in [2.24, 2.45) is 0 Å². The number of ether oxygens (including phenoxy) is 2. The molecule has 1 fully saturated rings. The van der Waals surface area contributed by atoms with Gasteiger partial charge in [0.25, 0.3) is 5.91 Å². The topological polar surface area (TPSA) is 50.8 Å². The van der Waals surface area contributed by atoms with Gasteiger partial charge in [0.05, 0.1) is 13.2 Å². The summed E-state index contributed by atoms with van der Waals surface area (Å²) in [5.41, 5.74) is 2.71. The monoisotopic (exact) mass is 354 g/mol. The van der Waals surface area contributed by atoms with E-state index in [1.165, 1.54) is 0 Å². The number of carbonyl (C=O) groups is 1. The Labute approximate surface area is 154 Å². The molecule has 138 valence electrons. The molecule has 1 amide bonds. The molecule has 5 heteroatoms. The van der Waals surface area contributed by atoms with Gasteiger partial charge in [-0.05, 0) is 36.2 Å². The molecule has 0 spiro atoms. The number of hydrogen-bond acceptors (Lipinski definition) is 4. The molecule has 3 rings (SSSR count). The van der Waals surface area contributed by atoms with E-state index in [-0.39, 0.29) is 5.91 Å². The van der Waals surface area contributed by atoms with Crippen LogP contribution < -0.4 is 10.1 Å². The standard InChI is InChI=1S/C21H26N2O3/c1-17-5-2-3-8-20(17)21(24)22-16-18-6-4-7-19(15-18)26-14-11-23-9-12-25-13-10-23/h2-8,15H,9-14,16H2,1H3,(H,22,24). The lowest BCUT2D eigenvalue weighted by molar-refractivity contribution is 0.0322. The minimum Gasteiger partial charge on any atom is -0.492 e. The maximum Gasteiger partial charge on any atom is 0.251 e. The fraction of sp³-hybridized carbons (Fsp3) is 0.381. The third-order valence-corrected chi connectivity index (χ3v) is 4.52. The van der Waals surface area contributed by atoms with Crippen LogP contribution in [-0.2, 0) is 11.3 Å². The SMILES string of the molecule is Cc1ccccc1C(=O)NCc1cccc(OCCN2CCOCC2)c1. The molecule has 5 nitrogen and oxygen atoms in total. The van der Waals surface area contributed by atoms with E-state index in [0.717, 1.165) is 49.7 Å². The Morgan fingerprint density at radius 2 is 1.96 bits per heavy atom. The summed E-state index contributed by atoms with van der Waals surface area (Å²) in [6, 6.07) is 15.5. The van der Waals surface area contributed by atoms with Crippen LogP contribution >= 0.6 is 0 Å². The normalized spacial score (nSPS) is 14.8. The highest BCUT2D eigenvalue weighted by atomic mass is 16.5. The zero-order valence-corrected chi connectivity index (χ0v) is 15.2. The van der Waals surface area contributed by atoms with E-state index < -0.39 is 0 Å². The minimum absolute atomic E-state index is 0.0539. The van der Waals surface area contributed by atoms with E-state index in [4.69, 9.17) is 9.47 Å². The van der Waals surface area contributed by atoms with Crippen LogP contribution in [0.25, 0.3) is 0 Å². The van der Waals surface area contributed by atoms with E-state index in [0.29, 0.717) is 18.7 Å². The van der Waals surface area contributed by atoms with Crippen LogP contribution in [0.1, 0.15) is 21.5 Å². The van der Waals surface area contributed by atoms with Gasteiger partial charge >= 0.3 is 0 Å². The smallest absolute Gasteiger partial charge is 0.251 e. The largest absolute Gasteiger partial charge is 0.492 e. The summed E-state index contributed by atoms with van der Waals surface area (Å²) in [6.45, 7) is 7.51. The van der Waals surface area contributed by atoms with Crippen LogP contribution in [0.15, 0.2) is 48.5 Å². The molecule has 0 aliphatic carbocycles. The molecule has 0 saturated carbocycles. The predicted octanol–water partition coefficient (Wildman–Crippen LogP) is 2.64. The number of morpholine rings is 1. The van der Waals surface area contributed by atoms with Gasteiger partial charge in [-0.1, -0.05) is 30.3 Å². The van der Waals surface area contributed by atoms with Crippen LogP contribution in [0.2, 0.25) is 0 Å². The lowest BCUT2D eigenvalue weighted by Crippen LogP contribution is -2.38. The molecule has 0 atom stereocenters. The van der Waals surface area contributed by atoms with Crippen molar-refractivity contribution in [2.45, 2.75) is 13.5 Å². The average Bonchev–Trinajstić information content (AvgIpc) is 2.68. The van der Waals surface area contributed by atoms with Gasteiger partial charge in [-0.25, -0.2) is 0 Å². The summed E-state index contributed by atoms with van der Waals surface area (Å²) in [5, 5.41) is 2.97. The number of nitrogens with zero attached hydrogens (tertiary/aromatic N) is 1. The highest BCUT2D eigenvalue weighted by Gasteiger charge is 2.10. The van der Waals surface area contributed by atoms with Crippen molar-refractivity contribution in [1.29, 1.82) is 0 Å². The van der Waals surface area contributed by atoms with Crippen molar-refractivity contribution >= 4 is 5.91 Å². The maximum atomic E-state index is 12.3. The van der Waals surface area contributed by atoms with Crippen molar-refractivity contribution in [3.63, 3.8) is 0 Å². The molecule has 26 heavy (non-hydrogen) atoms. The van der Waals surface area contributed by atoms with Crippen molar-refractivity contribution in [1.82, 2.24) is 10.2 Å². The first-order chi connectivity index (χ1) is 12.7. The summed E-state index contributed by atoms with van der Waals surface area (Å²) in [5.74, 6) is 0.780. The van der Waals surface area contributed by atoms with Gasteiger partial charge in [-0.15, -0.1) is 0 Å². The number of benzene rings is 2. The molecule has 0 bridgehead atoms. The number of hydrogen-bond donors (Lipinski definition) is 1. The fourth-order valence-electron chi connectivity index (χ4n) is 2.97. The molecule has 1 heterocycles. The van der Waals surface area contributed by atoms with Crippen molar-refractivity contribution < 1.29 is 14.3 Å². The highest BCUT2D eigenvalue weighted by Crippen LogP contribution is 2.14. The lowest BCUT2D eigenvalue weighted by atomic mass is 10.1. The molecule has 0 aromatic heterocycles. The van der Waals surface area contributed by atoms with Crippen LogP contribution in [0.4, 0.5) is 0 Å². The zero-order valence-electron chi connectivity index (χ0n) is 15.2. The predicted molar refractivity (Wildman–Crippen MR) is 102 cm³/mol. The highest BCUT2D eigenvalue weighted by molar-refractivity contribution is 5.95. The van der Waals surface area contributed by atoms with Gasteiger partial charge in [0.1, 0.15) is 12.4 Å². The first-order valence-electron chi connectivity index (χ1n) is 9.08. The second-order valence-corrected chi connectivity index (χ2v) is 6.45. The van der Waals surface area contributed by atoms with Crippen molar-refractivity contribution in [3.8, 4) is 5.75 Å². The molecule has 2 aromatic rings. The molecule has 1 saturated heterocycles. The summed E-state index contributed by atoms with van der Waals surface area (Å²) in [6.07, 6.45) is 0. The van der Waals surface area contributed by atoms with E-state index in [2.05, 4.69) is 10.2 Å². The summed E-state index contributed by atoms with van der Waals surface area (Å²) in [7, 11) is 0. The summed E-state index contributed by atoms with van der Waals surface area (Å²) >= 11 is 0. The Kier molecular flexibility index (Phi) is 6.63. The second-order valence-electron chi connectivity index (χ2n) is 6.45. The van der Waals surface area contributed by atoms with Gasteiger partial charge in [0.2, 0.25) is 0 Å². The molecule has 1 N–H and O–H groups in total. The third-order valence-electron chi connectivity index (χ3n) is 4.52. The number of amides is 1. The Morgan fingerprint density at radius 3 is 2.77 bits per heavy atom. The number of nitrogens with one attached hydrogen (secondary N) is 1. The van der Waals surface area contributed by atoms with Crippen LogP contribution in [0, 0.1) is 6.92 Å². The first-order valence-corrected chi connectivity index (χ1v) is 9.08. The van der Waals surface area contributed by atoms with Crippen LogP contribution in [0.5, 0.6) is 5.75 Å². The molecule has 1 aliphatic rings. The van der Waals surface area contributed by atoms with Crippen molar-refractivity contribution in [3.05, 3.63) is 65.2 Å². The van der Waals surface area contributed by atoms with E-state index in [1.807, 2.05) is 55.5 Å². The van der Waals surface area contributed by atoms with Crippen LogP contribution in [-0.4, -0.2) is 50.3 Å². The summed E-state index contributed by atoms with van der Waals surface area (Å²) in [4.78, 5) is 14.7. The number of aryl methyl sites for hydroxylation is 1. The van der Waals surface area contributed by atoms with Gasteiger partial charge < -0.3 is 14.8 Å². The average molecular weight is 354 g/mol.